The SMILES string of the molecule is C=CCON(c1ccccc1)S(=O)(=O)c1ccccc1. The van der Waals surface area contributed by atoms with Gasteiger partial charge in [-0.3, -0.25) is 4.84 Å². The van der Waals surface area contributed by atoms with E-state index in [1.165, 1.54) is 18.2 Å². The molecule has 2 rings (SSSR count). The van der Waals surface area contributed by atoms with Crippen LogP contribution in [-0.2, 0) is 14.9 Å². The van der Waals surface area contributed by atoms with Crippen LogP contribution >= 0.6 is 0 Å². The normalized spacial score (nSPS) is 11.0. The third-order valence-electron chi connectivity index (χ3n) is 2.54. The second-order valence-electron chi connectivity index (χ2n) is 3.97. The summed E-state index contributed by atoms with van der Waals surface area (Å²) in [4.78, 5) is 5.50. The molecule has 2 aromatic carbocycles. The first kappa shape index (κ1) is 14.3. The van der Waals surface area contributed by atoms with Crippen molar-refractivity contribution >= 4 is 15.7 Å². The van der Waals surface area contributed by atoms with Crippen LogP contribution in [0.1, 0.15) is 0 Å². The molecule has 0 aliphatic heterocycles. The molecule has 0 saturated heterocycles. The van der Waals surface area contributed by atoms with Gasteiger partial charge in [0.2, 0.25) is 0 Å². The van der Waals surface area contributed by atoms with Gasteiger partial charge in [-0.05, 0) is 24.3 Å². The van der Waals surface area contributed by atoms with Crippen molar-refractivity contribution in [3.63, 3.8) is 0 Å². The van der Waals surface area contributed by atoms with Gasteiger partial charge in [0.15, 0.2) is 0 Å². The van der Waals surface area contributed by atoms with Crippen LogP contribution in [-0.4, -0.2) is 15.0 Å². The summed E-state index contributed by atoms with van der Waals surface area (Å²) in [6, 6.07) is 16.8. The first-order valence-corrected chi connectivity index (χ1v) is 7.49. The molecule has 0 spiro atoms. The maximum absolute atomic E-state index is 12.6. The highest BCUT2D eigenvalue weighted by Gasteiger charge is 2.25. The molecule has 0 fully saturated rings. The van der Waals surface area contributed by atoms with Crippen molar-refractivity contribution in [1.82, 2.24) is 0 Å². The number of nitrogens with zero attached hydrogens (tertiary/aromatic N) is 1. The first-order chi connectivity index (χ1) is 9.66. The molecule has 104 valence electrons. The summed E-state index contributed by atoms with van der Waals surface area (Å²) in [5.74, 6) is 0. The van der Waals surface area contributed by atoms with Gasteiger partial charge in [-0.1, -0.05) is 42.5 Å². The molecule has 0 aliphatic rings. The van der Waals surface area contributed by atoms with Crippen LogP contribution in [0.4, 0.5) is 5.69 Å². The average molecular weight is 289 g/mol. The topological polar surface area (TPSA) is 46.6 Å². The molecule has 0 bridgehead atoms. The second kappa shape index (κ2) is 6.36. The molecule has 0 aliphatic carbocycles. The fraction of sp³-hybridized carbons (Fsp3) is 0.0667. The number of rotatable bonds is 6. The van der Waals surface area contributed by atoms with Crippen molar-refractivity contribution in [2.24, 2.45) is 0 Å². The fourth-order valence-corrected chi connectivity index (χ4v) is 2.93. The standard InChI is InChI=1S/C15H15NO3S/c1-2-13-19-16(14-9-5-3-6-10-14)20(17,18)15-11-7-4-8-12-15/h2-12H,1,13H2. The molecule has 0 saturated carbocycles. The van der Waals surface area contributed by atoms with E-state index >= 15 is 0 Å². The van der Waals surface area contributed by atoms with Crippen LogP contribution in [0.25, 0.3) is 0 Å². The molecular formula is C15H15NO3S. The van der Waals surface area contributed by atoms with Crippen molar-refractivity contribution in [3.05, 3.63) is 73.3 Å². The Morgan fingerprint density at radius 3 is 2.10 bits per heavy atom. The van der Waals surface area contributed by atoms with Crippen molar-refractivity contribution in [2.75, 3.05) is 11.1 Å². The Morgan fingerprint density at radius 1 is 1.00 bits per heavy atom. The number of benzene rings is 2. The lowest BCUT2D eigenvalue weighted by Crippen LogP contribution is -2.31. The van der Waals surface area contributed by atoms with E-state index in [0.29, 0.717) is 5.69 Å². The Morgan fingerprint density at radius 2 is 1.55 bits per heavy atom. The molecule has 0 radical (unpaired) electrons. The van der Waals surface area contributed by atoms with E-state index in [1.807, 2.05) is 6.07 Å². The monoisotopic (exact) mass is 289 g/mol. The van der Waals surface area contributed by atoms with Gasteiger partial charge in [0.05, 0.1) is 17.2 Å². The van der Waals surface area contributed by atoms with Gasteiger partial charge < -0.3 is 0 Å². The van der Waals surface area contributed by atoms with Crippen LogP contribution in [0.3, 0.4) is 0 Å². The number of hydrogen-bond donors (Lipinski definition) is 0. The molecule has 0 atom stereocenters. The van der Waals surface area contributed by atoms with Crippen LogP contribution in [0, 0.1) is 0 Å². The van der Waals surface area contributed by atoms with Crippen LogP contribution in [0.5, 0.6) is 0 Å². The number of anilines is 1. The maximum Gasteiger partial charge on any atom is 0.286 e. The highest BCUT2D eigenvalue weighted by molar-refractivity contribution is 7.92. The number of para-hydroxylation sites is 1. The minimum absolute atomic E-state index is 0.0982. The zero-order chi connectivity index (χ0) is 14.4. The van der Waals surface area contributed by atoms with Gasteiger partial charge in [-0.15, -0.1) is 11.0 Å². The Kier molecular flexibility index (Phi) is 4.55. The van der Waals surface area contributed by atoms with Gasteiger partial charge in [0.25, 0.3) is 10.0 Å². The summed E-state index contributed by atoms with van der Waals surface area (Å²) in [6.45, 7) is 3.63. The van der Waals surface area contributed by atoms with Gasteiger partial charge in [0.1, 0.15) is 0 Å². The molecule has 2 aromatic rings. The minimum atomic E-state index is -3.76. The molecule has 4 nitrogen and oxygen atoms in total. The van der Waals surface area contributed by atoms with Gasteiger partial charge in [0, 0.05) is 0 Å². The summed E-state index contributed by atoms with van der Waals surface area (Å²) in [5, 5.41) is 0. The Hall–Kier alpha value is -2.11. The van der Waals surface area contributed by atoms with Crippen molar-refractivity contribution < 1.29 is 13.3 Å². The fourth-order valence-electron chi connectivity index (χ4n) is 1.64. The highest BCUT2D eigenvalue weighted by atomic mass is 32.2. The third kappa shape index (κ3) is 3.07. The summed E-state index contributed by atoms with van der Waals surface area (Å²) < 4.78 is 26.1. The maximum atomic E-state index is 12.6. The van der Waals surface area contributed by atoms with Gasteiger partial charge in [-0.2, -0.15) is 8.42 Å². The number of sulfonamides is 1. The van der Waals surface area contributed by atoms with Crippen molar-refractivity contribution in [3.8, 4) is 0 Å². The van der Waals surface area contributed by atoms with Crippen LogP contribution in [0.2, 0.25) is 0 Å². The Labute approximate surface area is 118 Å². The Balaban J connectivity index is 2.44. The van der Waals surface area contributed by atoms with Crippen LogP contribution < -0.4 is 4.47 Å². The summed E-state index contributed by atoms with van der Waals surface area (Å²) in [6.07, 6.45) is 1.50. The molecule has 0 heterocycles. The molecule has 0 unspecified atom stereocenters. The zero-order valence-corrected chi connectivity index (χ0v) is 11.7. The molecule has 5 heteroatoms. The largest absolute Gasteiger partial charge is 0.286 e. The van der Waals surface area contributed by atoms with Gasteiger partial charge >= 0.3 is 0 Å². The van der Waals surface area contributed by atoms with Gasteiger partial charge in [-0.25, -0.2) is 0 Å². The quantitative estimate of drug-likeness (QED) is 0.606. The van der Waals surface area contributed by atoms with E-state index < -0.39 is 10.0 Å². The molecule has 0 N–H and O–H groups in total. The smallest absolute Gasteiger partial charge is 0.254 e. The van der Waals surface area contributed by atoms with E-state index in [-0.39, 0.29) is 11.5 Å². The summed E-state index contributed by atoms with van der Waals surface area (Å²) >= 11 is 0. The molecule has 0 aromatic heterocycles. The molecule has 20 heavy (non-hydrogen) atoms. The average Bonchev–Trinajstić information content (AvgIpc) is 2.49. The summed E-state index contributed by atoms with van der Waals surface area (Å²) in [5.41, 5.74) is 0.443. The Bertz CT molecular complexity index is 654. The molecule has 0 amide bonds. The van der Waals surface area contributed by atoms with Crippen molar-refractivity contribution in [2.45, 2.75) is 4.90 Å². The van der Waals surface area contributed by atoms with E-state index in [2.05, 4.69) is 6.58 Å². The highest BCUT2D eigenvalue weighted by Crippen LogP contribution is 2.23. The molecular weight excluding hydrogens is 274 g/mol. The number of hydrogen-bond acceptors (Lipinski definition) is 3. The predicted octanol–water partition coefficient (Wildman–Crippen LogP) is 3.00. The first-order valence-electron chi connectivity index (χ1n) is 6.05. The van der Waals surface area contributed by atoms with E-state index in [1.54, 1.807) is 42.5 Å². The van der Waals surface area contributed by atoms with Crippen molar-refractivity contribution in [1.29, 1.82) is 0 Å². The van der Waals surface area contributed by atoms with E-state index in [4.69, 9.17) is 4.84 Å². The lowest BCUT2D eigenvalue weighted by Gasteiger charge is -2.22. The van der Waals surface area contributed by atoms with E-state index in [9.17, 15) is 8.42 Å². The minimum Gasteiger partial charge on any atom is -0.254 e. The third-order valence-corrected chi connectivity index (χ3v) is 4.16. The van der Waals surface area contributed by atoms with E-state index in [0.717, 1.165) is 4.47 Å². The predicted molar refractivity (Wildman–Crippen MR) is 78.7 cm³/mol. The zero-order valence-electron chi connectivity index (χ0n) is 10.8. The second-order valence-corrected chi connectivity index (χ2v) is 5.72. The lowest BCUT2D eigenvalue weighted by molar-refractivity contribution is 0.178. The summed E-state index contributed by atoms with van der Waals surface area (Å²) in [7, 11) is -3.76. The van der Waals surface area contributed by atoms with Crippen LogP contribution in [0.15, 0.2) is 78.2 Å². The lowest BCUT2D eigenvalue weighted by atomic mass is 10.3.